The zero-order chi connectivity index (χ0) is 14.1. The molecule has 0 fully saturated rings. The molecule has 3 rings (SSSR count). The Morgan fingerprint density at radius 2 is 1.80 bits per heavy atom. The Bertz CT molecular complexity index is 659. The molecular formula is C15H13Cl2FN2. The summed E-state index contributed by atoms with van der Waals surface area (Å²) in [6.45, 7) is 0. The van der Waals surface area contributed by atoms with Crippen LogP contribution in [0, 0.1) is 5.82 Å². The van der Waals surface area contributed by atoms with Gasteiger partial charge in [-0.05, 0) is 43.9 Å². The molecule has 0 aliphatic heterocycles. The molecule has 1 aliphatic rings. The van der Waals surface area contributed by atoms with Gasteiger partial charge in [0.1, 0.15) is 11.0 Å². The number of rotatable bonds is 1. The van der Waals surface area contributed by atoms with E-state index in [9.17, 15) is 4.39 Å². The molecule has 0 bridgehead atoms. The molecule has 2 aromatic rings. The van der Waals surface area contributed by atoms with E-state index < -0.39 is 5.82 Å². The lowest BCUT2D eigenvalue weighted by atomic mass is 10.1. The fourth-order valence-corrected chi connectivity index (χ4v) is 2.89. The van der Waals surface area contributed by atoms with Gasteiger partial charge in [0.25, 0.3) is 0 Å². The Hall–Kier alpha value is -1.19. The van der Waals surface area contributed by atoms with E-state index in [4.69, 9.17) is 23.2 Å². The first-order valence-electron chi connectivity index (χ1n) is 6.66. The molecule has 2 nitrogen and oxygen atoms in total. The Kier molecular flexibility index (Phi) is 3.90. The smallest absolute Gasteiger partial charge is 0.161 e. The average molecular weight is 311 g/mol. The van der Waals surface area contributed by atoms with Crippen molar-refractivity contribution >= 4 is 23.2 Å². The van der Waals surface area contributed by atoms with E-state index in [2.05, 4.69) is 9.97 Å². The Morgan fingerprint density at radius 3 is 2.60 bits per heavy atom. The zero-order valence-electron chi connectivity index (χ0n) is 10.8. The van der Waals surface area contributed by atoms with Crippen molar-refractivity contribution in [3.05, 3.63) is 45.4 Å². The highest BCUT2D eigenvalue weighted by molar-refractivity contribution is 6.31. The standard InChI is InChI=1S/C15H13Cl2FN2/c16-11-7-6-9(8-12(11)18)15-19-13-5-3-1-2-4-10(13)14(17)20-15/h6-8H,1-5H2. The van der Waals surface area contributed by atoms with Gasteiger partial charge in [0.05, 0.1) is 5.02 Å². The molecule has 1 aromatic heterocycles. The van der Waals surface area contributed by atoms with Crippen LogP contribution >= 0.6 is 23.2 Å². The molecule has 0 saturated heterocycles. The summed E-state index contributed by atoms with van der Waals surface area (Å²) in [7, 11) is 0. The lowest BCUT2D eigenvalue weighted by Crippen LogP contribution is -2.02. The molecule has 1 aromatic carbocycles. The van der Waals surface area contributed by atoms with Crippen LogP contribution < -0.4 is 0 Å². The number of benzene rings is 1. The first-order chi connectivity index (χ1) is 9.65. The summed E-state index contributed by atoms with van der Waals surface area (Å²) in [5, 5.41) is 0.580. The van der Waals surface area contributed by atoms with E-state index in [1.165, 1.54) is 18.6 Å². The number of halogens is 3. The molecule has 0 unspecified atom stereocenters. The van der Waals surface area contributed by atoms with Crippen molar-refractivity contribution in [3.63, 3.8) is 0 Å². The van der Waals surface area contributed by atoms with E-state index in [1.54, 1.807) is 6.07 Å². The summed E-state index contributed by atoms with van der Waals surface area (Å²) in [4.78, 5) is 8.88. The summed E-state index contributed by atoms with van der Waals surface area (Å²) in [5.41, 5.74) is 2.64. The molecule has 0 spiro atoms. The highest BCUT2D eigenvalue weighted by atomic mass is 35.5. The van der Waals surface area contributed by atoms with E-state index in [-0.39, 0.29) is 5.02 Å². The Morgan fingerprint density at radius 1 is 1.00 bits per heavy atom. The third-order valence-corrected chi connectivity index (χ3v) is 4.18. The van der Waals surface area contributed by atoms with Crippen LogP contribution in [0.4, 0.5) is 4.39 Å². The van der Waals surface area contributed by atoms with Crippen molar-refractivity contribution in [3.8, 4) is 11.4 Å². The van der Waals surface area contributed by atoms with E-state index in [0.717, 1.165) is 36.9 Å². The van der Waals surface area contributed by atoms with Crippen molar-refractivity contribution < 1.29 is 4.39 Å². The lowest BCUT2D eigenvalue weighted by molar-refractivity contribution is 0.628. The van der Waals surface area contributed by atoms with Crippen molar-refractivity contribution in [2.75, 3.05) is 0 Å². The largest absolute Gasteiger partial charge is 0.233 e. The van der Waals surface area contributed by atoms with Gasteiger partial charge in [0.15, 0.2) is 5.82 Å². The second-order valence-corrected chi connectivity index (χ2v) is 5.72. The van der Waals surface area contributed by atoms with Crippen LogP contribution in [0.2, 0.25) is 10.2 Å². The Balaban J connectivity index is 2.08. The van der Waals surface area contributed by atoms with Crippen LogP contribution in [0.3, 0.4) is 0 Å². The maximum absolute atomic E-state index is 13.5. The van der Waals surface area contributed by atoms with E-state index in [1.807, 2.05) is 0 Å². The van der Waals surface area contributed by atoms with Crippen molar-refractivity contribution in [2.45, 2.75) is 32.1 Å². The number of aromatic nitrogens is 2. The van der Waals surface area contributed by atoms with Crippen LogP contribution in [0.1, 0.15) is 30.5 Å². The number of nitrogens with zero attached hydrogens (tertiary/aromatic N) is 2. The third-order valence-electron chi connectivity index (χ3n) is 3.56. The van der Waals surface area contributed by atoms with Crippen molar-refractivity contribution in [1.29, 1.82) is 0 Å². The normalized spacial score (nSPS) is 14.8. The van der Waals surface area contributed by atoms with Crippen LogP contribution in [-0.4, -0.2) is 9.97 Å². The monoisotopic (exact) mass is 310 g/mol. The fourth-order valence-electron chi connectivity index (χ4n) is 2.49. The second kappa shape index (κ2) is 5.66. The van der Waals surface area contributed by atoms with Gasteiger partial charge in [-0.3, -0.25) is 0 Å². The molecular weight excluding hydrogens is 298 g/mol. The van der Waals surface area contributed by atoms with Crippen LogP contribution in [0.15, 0.2) is 18.2 Å². The highest BCUT2D eigenvalue weighted by Gasteiger charge is 2.16. The quantitative estimate of drug-likeness (QED) is 0.555. The first-order valence-corrected chi connectivity index (χ1v) is 7.41. The van der Waals surface area contributed by atoms with Crippen LogP contribution in [-0.2, 0) is 12.8 Å². The van der Waals surface area contributed by atoms with Gasteiger partial charge in [-0.25, -0.2) is 14.4 Å². The highest BCUT2D eigenvalue weighted by Crippen LogP contribution is 2.28. The fraction of sp³-hybridized carbons (Fsp3) is 0.333. The molecule has 0 saturated carbocycles. The molecule has 0 amide bonds. The first kappa shape index (κ1) is 13.8. The number of fused-ring (bicyclic) bond motifs is 1. The van der Waals surface area contributed by atoms with Crippen LogP contribution in [0.5, 0.6) is 0 Å². The predicted molar refractivity (Wildman–Crippen MR) is 78.7 cm³/mol. The van der Waals surface area contributed by atoms with Crippen molar-refractivity contribution in [1.82, 2.24) is 9.97 Å². The van der Waals surface area contributed by atoms with Gasteiger partial charge in [-0.1, -0.05) is 29.6 Å². The topological polar surface area (TPSA) is 25.8 Å². The minimum absolute atomic E-state index is 0.0922. The van der Waals surface area contributed by atoms with E-state index >= 15 is 0 Å². The van der Waals surface area contributed by atoms with Gasteiger partial charge in [0.2, 0.25) is 0 Å². The molecule has 5 heteroatoms. The van der Waals surface area contributed by atoms with E-state index in [0.29, 0.717) is 16.5 Å². The summed E-state index contributed by atoms with van der Waals surface area (Å²) < 4.78 is 13.5. The number of aryl methyl sites for hydroxylation is 1. The number of hydrogen-bond donors (Lipinski definition) is 0. The van der Waals surface area contributed by atoms with Gasteiger partial charge >= 0.3 is 0 Å². The van der Waals surface area contributed by atoms with Crippen LogP contribution in [0.25, 0.3) is 11.4 Å². The molecule has 0 N–H and O–H groups in total. The molecule has 1 aliphatic carbocycles. The van der Waals surface area contributed by atoms with Gasteiger partial charge in [-0.15, -0.1) is 0 Å². The van der Waals surface area contributed by atoms with Gasteiger partial charge in [0, 0.05) is 16.8 Å². The molecule has 0 atom stereocenters. The zero-order valence-corrected chi connectivity index (χ0v) is 12.3. The molecule has 0 radical (unpaired) electrons. The minimum atomic E-state index is -0.473. The molecule has 1 heterocycles. The van der Waals surface area contributed by atoms with Gasteiger partial charge < -0.3 is 0 Å². The number of hydrogen-bond acceptors (Lipinski definition) is 2. The van der Waals surface area contributed by atoms with Gasteiger partial charge in [-0.2, -0.15) is 0 Å². The summed E-state index contributed by atoms with van der Waals surface area (Å²) in [5.74, 6) is -0.00921. The third kappa shape index (κ3) is 2.65. The lowest BCUT2D eigenvalue weighted by Gasteiger charge is -2.09. The summed E-state index contributed by atoms with van der Waals surface area (Å²) in [6.07, 6.45) is 5.22. The summed E-state index contributed by atoms with van der Waals surface area (Å²) in [6, 6.07) is 4.56. The SMILES string of the molecule is Fc1cc(-c2nc(Cl)c3c(n2)CCCCC3)ccc1Cl. The minimum Gasteiger partial charge on any atom is -0.233 e. The summed E-state index contributed by atoms with van der Waals surface area (Å²) >= 11 is 12.0. The maximum Gasteiger partial charge on any atom is 0.161 e. The predicted octanol–water partition coefficient (Wildman–Crippen LogP) is 4.86. The maximum atomic E-state index is 13.5. The second-order valence-electron chi connectivity index (χ2n) is 4.95. The average Bonchev–Trinajstić information content (AvgIpc) is 2.67. The molecule has 104 valence electrons. The Labute approximate surface area is 127 Å². The van der Waals surface area contributed by atoms with Crippen molar-refractivity contribution in [2.24, 2.45) is 0 Å². The molecule has 20 heavy (non-hydrogen) atoms.